The molecule has 108 valence electrons. The first-order valence-corrected chi connectivity index (χ1v) is 7.01. The number of ether oxygens (including phenoxy) is 1. The van der Waals surface area contributed by atoms with Crippen molar-refractivity contribution in [1.82, 2.24) is 4.98 Å². The number of nitrogens with one attached hydrogen (secondary N) is 1. The Kier molecular flexibility index (Phi) is 4.83. The van der Waals surface area contributed by atoms with E-state index in [9.17, 15) is 9.59 Å². The van der Waals surface area contributed by atoms with Crippen LogP contribution in [0.25, 0.3) is 0 Å². The van der Waals surface area contributed by atoms with Crippen LogP contribution in [0.5, 0.6) is 0 Å². The lowest BCUT2D eigenvalue weighted by molar-refractivity contribution is -0.154. The quantitative estimate of drug-likeness (QED) is 0.867. The molecule has 1 aromatic heterocycles. The maximum absolute atomic E-state index is 11.7. The number of esters is 1. The topological polar surface area (TPSA) is 68.3 Å². The number of rotatable bonds is 4. The van der Waals surface area contributed by atoms with Gasteiger partial charge < -0.3 is 10.1 Å². The lowest BCUT2D eigenvalue weighted by Gasteiger charge is -2.22. The van der Waals surface area contributed by atoms with E-state index in [1.807, 2.05) is 0 Å². The molecule has 1 aliphatic rings. The van der Waals surface area contributed by atoms with Crippen molar-refractivity contribution in [3.8, 4) is 0 Å². The van der Waals surface area contributed by atoms with Crippen molar-refractivity contribution in [2.75, 3.05) is 11.9 Å². The predicted octanol–water partition coefficient (Wildman–Crippen LogP) is 2.98. The van der Waals surface area contributed by atoms with Gasteiger partial charge in [-0.2, -0.15) is 0 Å². The maximum Gasteiger partial charge on any atom is 0.309 e. The summed E-state index contributed by atoms with van der Waals surface area (Å²) in [5.41, 5.74) is 0.630. The first kappa shape index (κ1) is 15.1. The van der Waals surface area contributed by atoms with E-state index in [4.69, 9.17) is 27.9 Å². The van der Waals surface area contributed by atoms with Crippen LogP contribution in [-0.2, 0) is 14.3 Å². The van der Waals surface area contributed by atoms with Crippen molar-refractivity contribution in [3.63, 3.8) is 0 Å². The fourth-order valence-electron chi connectivity index (χ4n) is 1.71. The van der Waals surface area contributed by atoms with Crippen LogP contribution in [0.1, 0.15) is 24.8 Å². The Morgan fingerprint density at radius 1 is 1.45 bits per heavy atom. The molecule has 1 heterocycles. The highest BCUT2D eigenvalue weighted by Crippen LogP contribution is 2.29. The number of carbonyl (C=O) groups is 2. The SMILES string of the molecule is Cc1c(Cl)cnc(NC(=O)COC(=O)C2CCC2)c1Cl. The highest BCUT2D eigenvalue weighted by atomic mass is 35.5. The van der Waals surface area contributed by atoms with Crippen molar-refractivity contribution in [2.24, 2.45) is 5.92 Å². The van der Waals surface area contributed by atoms with Crippen molar-refractivity contribution in [3.05, 3.63) is 21.8 Å². The molecule has 0 saturated heterocycles. The Morgan fingerprint density at radius 2 is 2.15 bits per heavy atom. The third-order valence-electron chi connectivity index (χ3n) is 3.24. The summed E-state index contributed by atoms with van der Waals surface area (Å²) in [6.45, 7) is 1.38. The summed E-state index contributed by atoms with van der Waals surface area (Å²) in [6, 6.07) is 0. The zero-order chi connectivity index (χ0) is 14.7. The van der Waals surface area contributed by atoms with E-state index in [2.05, 4.69) is 10.3 Å². The van der Waals surface area contributed by atoms with Crippen LogP contribution in [0.3, 0.4) is 0 Å². The van der Waals surface area contributed by atoms with E-state index in [-0.39, 0.29) is 29.3 Å². The van der Waals surface area contributed by atoms with Gasteiger partial charge in [-0.25, -0.2) is 4.98 Å². The van der Waals surface area contributed by atoms with Gasteiger partial charge in [0.2, 0.25) is 0 Å². The second-order valence-corrected chi connectivity index (χ2v) is 5.46. The molecule has 1 amide bonds. The highest BCUT2D eigenvalue weighted by molar-refractivity contribution is 6.37. The molecule has 1 aliphatic carbocycles. The zero-order valence-corrected chi connectivity index (χ0v) is 12.4. The lowest BCUT2D eigenvalue weighted by atomic mass is 9.86. The average molecular weight is 317 g/mol. The molecule has 1 fully saturated rings. The number of aromatic nitrogens is 1. The van der Waals surface area contributed by atoms with E-state index in [1.165, 1.54) is 6.20 Å². The van der Waals surface area contributed by atoms with Gasteiger partial charge in [0.25, 0.3) is 5.91 Å². The number of halogens is 2. The molecule has 7 heteroatoms. The van der Waals surface area contributed by atoms with E-state index in [1.54, 1.807) is 6.92 Å². The van der Waals surface area contributed by atoms with E-state index in [0.717, 1.165) is 19.3 Å². The molecule has 0 bridgehead atoms. The van der Waals surface area contributed by atoms with Crippen molar-refractivity contribution in [2.45, 2.75) is 26.2 Å². The zero-order valence-electron chi connectivity index (χ0n) is 10.9. The van der Waals surface area contributed by atoms with Gasteiger partial charge >= 0.3 is 5.97 Å². The van der Waals surface area contributed by atoms with Crippen LogP contribution in [0.2, 0.25) is 10.0 Å². The summed E-state index contributed by atoms with van der Waals surface area (Å²) in [5, 5.41) is 3.19. The number of carbonyl (C=O) groups excluding carboxylic acids is 2. The molecule has 0 unspecified atom stereocenters. The molecular weight excluding hydrogens is 303 g/mol. The fraction of sp³-hybridized carbons (Fsp3) is 0.462. The molecule has 0 radical (unpaired) electrons. The van der Waals surface area contributed by atoms with Crippen LogP contribution < -0.4 is 5.32 Å². The summed E-state index contributed by atoms with van der Waals surface area (Å²) >= 11 is 11.9. The van der Waals surface area contributed by atoms with Gasteiger partial charge in [0, 0.05) is 6.20 Å². The van der Waals surface area contributed by atoms with Gasteiger partial charge in [-0.05, 0) is 25.3 Å². The smallest absolute Gasteiger partial charge is 0.309 e. The second kappa shape index (κ2) is 6.41. The van der Waals surface area contributed by atoms with Crippen LogP contribution in [-0.4, -0.2) is 23.5 Å². The molecule has 1 N–H and O–H groups in total. The van der Waals surface area contributed by atoms with Crippen LogP contribution >= 0.6 is 23.2 Å². The molecule has 2 rings (SSSR count). The van der Waals surface area contributed by atoms with Crippen LogP contribution in [0.4, 0.5) is 5.82 Å². The van der Waals surface area contributed by atoms with Gasteiger partial charge in [-0.15, -0.1) is 0 Å². The van der Waals surface area contributed by atoms with Gasteiger partial charge in [-0.1, -0.05) is 29.6 Å². The molecule has 1 saturated carbocycles. The van der Waals surface area contributed by atoms with Gasteiger partial charge in [0.1, 0.15) is 0 Å². The molecule has 20 heavy (non-hydrogen) atoms. The average Bonchev–Trinajstić information content (AvgIpc) is 2.35. The summed E-state index contributed by atoms with van der Waals surface area (Å²) in [7, 11) is 0. The Hall–Kier alpha value is -1.33. The molecule has 0 aromatic carbocycles. The number of nitrogens with zero attached hydrogens (tertiary/aromatic N) is 1. The van der Waals surface area contributed by atoms with Crippen LogP contribution in [0, 0.1) is 12.8 Å². The van der Waals surface area contributed by atoms with Gasteiger partial charge in [-0.3, -0.25) is 9.59 Å². The summed E-state index contributed by atoms with van der Waals surface area (Å²) < 4.78 is 4.93. The second-order valence-electron chi connectivity index (χ2n) is 4.68. The minimum atomic E-state index is -0.478. The summed E-state index contributed by atoms with van der Waals surface area (Å²) in [4.78, 5) is 27.1. The normalized spacial score (nSPS) is 14.6. The van der Waals surface area contributed by atoms with Crippen molar-refractivity contribution in [1.29, 1.82) is 0 Å². The number of hydrogen-bond acceptors (Lipinski definition) is 4. The number of anilines is 1. The molecule has 1 aromatic rings. The molecule has 0 spiro atoms. The van der Waals surface area contributed by atoms with E-state index in [0.29, 0.717) is 10.6 Å². The number of pyridine rings is 1. The summed E-state index contributed by atoms with van der Waals surface area (Å²) in [5.74, 6) is -0.646. The Morgan fingerprint density at radius 3 is 2.75 bits per heavy atom. The minimum absolute atomic E-state index is 0.0534. The number of amides is 1. The fourth-order valence-corrected chi connectivity index (χ4v) is 2.10. The monoisotopic (exact) mass is 316 g/mol. The Balaban J connectivity index is 1.88. The molecule has 0 atom stereocenters. The maximum atomic E-state index is 11.7. The van der Waals surface area contributed by atoms with Gasteiger partial charge in [0.05, 0.1) is 16.0 Å². The third-order valence-corrected chi connectivity index (χ3v) is 4.09. The summed E-state index contributed by atoms with van der Waals surface area (Å²) in [6.07, 6.45) is 4.11. The first-order chi connectivity index (χ1) is 9.49. The Labute approximate surface area is 126 Å². The first-order valence-electron chi connectivity index (χ1n) is 6.26. The highest BCUT2D eigenvalue weighted by Gasteiger charge is 2.27. The standard InChI is InChI=1S/C13H14Cl2N2O3/c1-7-9(14)5-16-12(11(7)15)17-10(18)6-20-13(19)8-3-2-4-8/h5,8H,2-4,6H2,1H3,(H,16,17,18). The minimum Gasteiger partial charge on any atom is -0.455 e. The van der Waals surface area contributed by atoms with Crippen LogP contribution in [0.15, 0.2) is 6.20 Å². The molecule has 0 aliphatic heterocycles. The van der Waals surface area contributed by atoms with E-state index >= 15 is 0 Å². The lowest BCUT2D eigenvalue weighted by Crippen LogP contribution is -2.28. The van der Waals surface area contributed by atoms with Crippen molar-refractivity contribution < 1.29 is 14.3 Å². The number of hydrogen-bond donors (Lipinski definition) is 1. The van der Waals surface area contributed by atoms with Gasteiger partial charge in [0.15, 0.2) is 12.4 Å². The largest absolute Gasteiger partial charge is 0.455 e. The third kappa shape index (κ3) is 3.41. The van der Waals surface area contributed by atoms with E-state index < -0.39 is 5.91 Å². The molecular formula is C13H14Cl2N2O3. The van der Waals surface area contributed by atoms with Crippen molar-refractivity contribution >= 4 is 40.9 Å². The Bertz CT molecular complexity index is 545. The predicted molar refractivity (Wildman–Crippen MR) is 75.9 cm³/mol. The molecule has 5 nitrogen and oxygen atoms in total.